The van der Waals surface area contributed by atoms with Gasteiger partial charge in [-0.3, -0.25) is 4.79 Å². The molecule has 0 aliphatic heterocycles. The SMILES string of the molecule is COc1ccc(-c2cc(C(=O)OCC(N)=O)c3c(C)nn(-c4ccccc4)c3n2)cc1. The van der Waals surface area contributed by atoms with E-state index in [0.717, 1.165) is 11.3 Å². The second-order valence-corrected chi connectivity index (χ2v) is 6.86. The van der Waals surface area contributed by atoms with Crippen molar-refractivity contribution in [2.24, 2.45) is 5.73 Å². The number of carbonyl (C=O) groups is 2. The summed E-state index contributed by atoms with van der Waals surface area (Å²) >= 11 is 0. The van der Waals surface area contributed by atoms with E-state index in [9.17, 15) is 9.59 Å². The summed E-state index contributed by atoms with van der Waals surface area (Å²) in [4.78, 5) is 28.7. The molecule has 4 aromatic rings. The van der Waals surface area contributed by atoms with Gasteiger partial charge in [0.15, 0.2) is 12.3 Å². The summed E-state index contributed by atoms with van der Waals surface area (Å²) in [5.74, 6) is -0.696. The Morgan fingerprint density at radius 2 is 1.77 bits per heavy atom. The van der Waals surface area contributed by atoms with Crippen LogP contribution in [0.2, 0.25) is 0 Å². The molecule has 0 spiro atoms. The number of ether oxygens (including phenoxy) is 2. The molecule has 2 aromatic heterocycles. The monoisotopic (exact) mass is 416 g/mol. The molecule has 8 nitrogen and oxygen atoms in total. The summed E-state index contributed by atoms with van der Waals surface area (Å²) in [5.41, 5.74) is 8.65. The number of para-hydroxylation sites is 1. The Morgan fingerprint density at radius 3 is 2.42 bits per heavy atom. The van der Waals surface area contributed by atoms with Crippen molar-refractivity contribution in [2.75, 3.05) is 13.7 Å². The van der Waals surface area contributed by atoms with E-state index in [1.165, 1.54) is 0 Å². The minimum Gasteiger partial charge on any atom is -0.497 e. The summed E-state index contributed by atoms with van der Waals surface area (Å²) in [6, 6.07) is 18.5. The largest absolute Gasteiger partial charge is 0.497 e. The van der Waals surface area contributed by atoms with Gasteiger partial charge in [-0.05, 0) is 49.4 Å². The quantitative estimate of drug-likeness (QED) is 0.484. The van der Waals surface area contributed by atoms with Crippen LogP contribution in [-0.2, 0) is 9.53 Å². The van der Waals surface area contributed by atoms with E-state index in [4.69, 9.17) is 20.2 Å². The standard InChI is InChI=1S/C23H20N4O4/c1-14-21-18(23(29)31-13-20(24)28)12-19(15-8-10-17(30-2)11-9-15)25-22(21)27(26-14)16-6-4-3-5-7-16/h3-12H,13H2,1-2H3,(H2,24,28). The molecule has 4 rings (SSSR count). The van der Waals surface area contributed by atoms with E-state index in [0.29, 0.717) is 28.2 Å². The minimum atomic E-state index is -0.731. The van der Waals surface area contributed by atoms with Crippen molar-refractivity contribution in [1.82, 2.24) is 14.8 Å². The van der Waals surface area contributed by atoms with Gasteiger partial charge in [-0.2, -0.15) is 5.10 Å². The molecule has 2 aromatic carbocycles. The van der Waals surface area contributed by atoms with Gasteiger partial charge in [0.1, 0.15) is 5.75 Å². The third kappa shape index (κ3) is 3.95. The Morgan fingerprint density at radius 1 is 1.06 bits per heavy atom. The molecule has 0 radical (unpaired) electrons. The Bertz CT molecular complexity index is 1260. The highest BCUT2D eigenvalue weighted by Crippen LogP contribution is 2.30. The third-order valence-electron chi connectivity index (χ3n) is 4.76. The van der Waals surface area contributed by atoms with Crippen LogP contribution in [0, 0.1) is 6.92 Å². The molecule has 8 heteroatoms. The molecule has 156 valence electrons. The van der Waals surface area contributed by atoms with Crippen LogP contribution in [0.5, 0.6) is 5.75 Å². The van der Waals surface area contributed by atoms with E-state index in [1.54, 1.807) is 24.8 Å². The van der Waals surface area contributed by atoms with Crippen LogP contribution in [0.4, 0.5) is 0 Å². The Balaban J connectivity index is 1.94. The van der Waals surface area contributed by atoms with Gasteiger partial charge in [0.25, 0.3) is 5.91 Å². The number of aryl methyl sites for hydroxylation is 1. The number of carbonyl (C=O) groups excluding carboxylic acids is 2. The van der Waals surface area contributed by atoms with E-state index in [1.807, 2.05) is 54.6 Å². The van der Waals surface area contributed by atoms with E-state index >= 15 is 0 Å². The number of primary amides is 1. The number of aromatic nitrogens is 3. The molecule has 2 N–H and O–H groups in total. The fourth-order valence-electron chi connectivity index (χ4n) is 3.32. The average Bonchev–Trinajstić information content (AvgIpc) is 3.14. The van der Waals surface area contributed by atoms with Crippen LogP contribution >= 0.6 is 0 Å². The number of hydrogen-bond acceptors (Lipinski definition) is 6. The van der Waals surface area contributed by atoms with Crippen molar-refractivity contribution < 1.29 is 19.1 Å². The predicted octanol–water partition coefficient (Wildman–Crippen LogP) is 3.05. The van der Waals surface area contributed by atoms with Gasteiger partial charge in [-0.25, -0.2) is 14.5 Å². The number of pyridine rings is 1. The molecule has 0 saturated carbocycles. The van der Waals surface area contributed by atoms with Gasteiger partial charge in [0, 0.05) is 5.56 Å². The number of hydrogen-bond donors (Lipinski definition) is 1. The summed E-state index contributed by atoms with van der Waals surface area (Å²) in [6.07, 6.45) is 0. The van der Waals surface area contributed by atoms with Crippen molar-refractivity contribution >= 4 is 22.9 Å². The average molecular weight is 416 g/mol. The Hall–Kier alpha value is -4.20. The van der Waals surface area contributed by atoms with Crippen LogP contribution < -0.4 is 10.5 Å². The molecule has 1 amide bonds. The first kappa shape index (κ1) is 20.1. The molecule has 0 atom stereocenters. The van der Waals surface area contributed by atoms with E-state index in [2.05, 4.69) is 5.10 Å². The Kier molecular flexibility index (Phi) is 5.36. The lowest BCUT2D eigenvalue weighted by Gasteiger charge is -2.09. The number of fused-ring (bicyclic) bond motifs is 1. The summed E-state index contributed by atoms with van der Waals surface area (Å²) in [7, 11) is 1.59. The van der Waals surface area contributed by atoms with Gasteiger partial charge in [0.05, 0.1) is 35.1 Å². The molecule has 31 heavy (non-hydrogen) atoms. The predicted molar refractivity (Wildman–Crippen MR) is 115 cm³/mol. The first-order valence-corrected chi connectivity index (χ1v) is 9.53. The van der Waals surface area contributed by atoms with E-state index < -0.39 is 18.5 Å². The lowest BCUT2D eigenvalue weighted by molar-refractivity contribution is -0.121. The highest BCUT2D eigenvalue weighted by Gasteiger charge is 2.22. The van der Waals surface area contributed by atoms with Gasteiger partial charge < -0.3 is 15.2 Å². The van der Waals surface area contributed by atoms with Crippen LogP contribution in [-0.4, -0.2) is 40.4 Å². The van der Waals surface area contributed by atoms with Crippen LogP contribution in [0.15, 0.2) is 60.7 Å². The number of nitrogens with zero attached hydrogens (tertiary/aromatic N) is 3. The fourth-order valence-corrected chi connectivity index (χ4v) is 3.32. The Labute approximate surface area is 178 Å². The number of methoxy groups -OCH3 is 1. The van der Waals surface area contributed by atoms with Crippen molar-refractivity contribution in [1.29, 1.82) is 0 Å². The number of esters is 1. The van der Waals surface area contributed by atoms with Crippen molar-refractivity contribution in [3.63, 3.8) is 0 Å². The highest BCUT2D eigenvalue weighted by molar-refractivity contribution is 6.05. The van der Waals surface area contributed by atoms with Gasteiger partial charge in [-0.15, -0.1) is 0 Å². The molecule has 2 heterocycles. The third-order valence-corrected chi connectivity index (χ3v) is 4.76. The normalized spacial score (nSPS) is 10.8. The second-order valence-electron chi connectivity index (χ2n) is 6.86. The highest BCUT2D eigenvalue weighted by atomic mass is 16.5. The number of rotatable bonds is 6. The molecule has 0 aliphatic carbocycles. The molecular formula is C23H20N4O4. The number of nitrogens with two attached hydrogens (primary N) is 1. The molecular weight excluding hydrogens is 396 g/mol. The summed E-state index contributed by atoms with van der Waals surface area (Å²) in [5, 5.41) is 5.15. The lowest BCUT2D eigenvalue weighted by Crippen LogP contribution is -2.21. The van der Waals surface area contributed by atoms with Crippen molar-refractivity contribution in [3.05, 3.63) is 71.9 Å². The van der Waals surface area contributed by atoms with Gasteiger partial charge in [-0.1, -0.05) is 18.2 Å². The maximum Gasteiger partial charge on any atom is 0.339 e. The molecule has 0 bridgehead atoms. The van der Waals surface area contributed by atoms with Crippen LogP contribution in [0.1, 0.15) is 16.1 Å². The van der Waals surface area contributed by atoms with Crippen molar-refractivity contribution in [3.8, 4) is 22.7 Å². The minimum absolute atomic E-state index is 0.261. The van der Waals surface area contributed by atoms with E-state index in [-0.39, 0.29) is 5.56 Å². The van der Waals surface area contributed by atoms with Crippen LogP contribution in [0.25, 0.3) is 28.0 Å². The topological polar surface area (TPSA) is 109 Å². The lowest BCUT2D eigenvalue weighted by atomic mass is 10.1. The maximum atomic E-state index is 12.8. The zero-order chi connectivity index (χ0) is 22.0. The van der Waals surface area contributed by atoms with Crippen molar-refractivity contribution in [2.45, 2.75) is 6.92 Å². The van der Waals surface area contributed by atoms with Crippen LogP contribution in [0.3, 0.4) is 0 Å². The summed E-state index contributed by atoms with van der Waals surface area (Å²) < 4.78 is 12.0. The van der Waals surface area contributed by atoms with Gasteiger partial charge >= 0.3 is 5.97 Å². The zero-order valence-electron chi connectivity index (χ0n) is 17.0. The number of amides is 1. The summed E-state index contributed by atoms with van der Waals surface area (Å²) in [6.45, 7) is 1.29. The maximum absolute atomic E-state index is 12.8. The first-order chi connectivity index (χ1) is 15.0. The smallest absolute Gasteiger partial charge is 0.339 e. The zero-order valence-corrected chi connectivity index (χ0v) is 17.0. The second kappa shape index (κ2) is 8.27. The molecule has 0 fully saturated rings. The van der Waals surface area contributed by atoms with Gasteiger partial charge in [0.2, 0.25) is 0 Å². The first-order valence-electron chi connectivity index (χ1n) is 9.53. The fraction of sp³-hybridized carbons (Fsp3) is 0.130. The number of benzene rings is 2. The molecule has 0 saturated heterocycles. The molecule has 0 aliphatic rings. The molecule has 0 unspecified atom stereocenters.